The fourth-order valence-electron chi connectivity index (χ4n) is 2.82. The van der Waals surface area contributed by atoms with Crippen LogP contribution in [0.1, 0.15) is 64.7 Å². The van der Waals surface area contributed by atoms with Crippen LogP contribution in [0, 0.1) is 5.92 Å². The monoisotopic (exact) mass is 267 g/mol. The molecule has 0 aliphatic carbocycles. The van der Waals surface area contributed by atoms with Crippen LogP contribution in [0.5, 0.6) is 0 Å². The van der Waals surface area contributed by atoms with E-state index in [0.29, 0.717) is 6.10 Å². The first-order valence-electron chi connectivity index (χ1n) is 8.28. The van der Waals surface area contributed by atoms with Crippen LogP contribution >= 0.6 is 0 Å². The number of unbranched alkanes of at least 4 members (excludes halogenated alkanes) is 6. The van der Waals surface area contributed by atoms with Gasteiger partial charge in [-0.3, -0.25) is 0 Å². The van der Waals surface area contributed by atoms with Gasteiger partial charge in [-0.15, -0.1) is 6.58 Å². The van der Waals surface area contributed by atoms with Gasteiger partial charge < -0.3 is 10.1 Å². The third-order valence-corrected chi connectivity index (χ3v) is 4.23. The number of hydrogen-bond donors (Lipinski definition) is 1. The molecule has 19 heavy (non-hydrogen) atoms. The van der Waals surface area contributed by atoms with Crippen molar-refractivity contribution in [2.75, 3.05) is 19.7 Å². The summed E-state index contributed by atoms with van der Waals surface area (Å²) >= 11 is 0. The SMILES string of the molecule is C=CCCCCCCCCOC(C)C1CCNCC1. The zero-order valence-electron chi connectivity index (χ0n) is 12.8. The number of piperidine rings is 1. The summed E-state index contributed by atoms with van der Waals surface area (Å²) in [6, 6.07) is 0. The minimum absolute atomic E-state index is 0.453. The van der Waals surface area contributed by atoms with E-state index >= 15 is 0 Å². The molecule has 0 amide bonds. The molecule has 0 spiro atoms. The molecule has 1 heterocycles. The molecule has 2 heteroatoms. The van der Waals surface area contributed by atoms with Crippen molar-refractivity contribution in [1.29, 1.82) is 0 Å². The molecule has 0 radical (unpaired) electrons. The van der Waals surface area contributed by atoms with E-state index < -0.39 is 0 Å². The highest BCUT2D eigenvalue weighted by atomic mass is 16.5. The second-order valence-electron chi connectivity index (χ2n) is 5.86. The predicted molar refractivity (Wildman–Crippen MR) is 83.5 cm³/mol. The first-order chi connectivity index (χ1) is 9.34. The molecule has 1 N–H and O–H groups in total. The van der Waals surface area contributed by atoms with Crippen molar-refractivity contribution in [2.45, 2.75) is 70.8 Å². The van der Waals surface area contributed by atoms with Crippen LogP contribution in [0.25, 0.3) is 0 Å². The van der Waals surface area contributed by atoms with Gasteiger partial charge in [0.1, 0.15) is 0 Å². The lowest BCUT2D eigenvalue weighted by Crippen LogP contribution is -2.34. The van der Waals surface area contributed by atoms with Crippen LogP contribution < -0.4 is 5.32 Å². The summed E-state index contributed by atoms with van der Waals surface area (Å²) in [6.45, 7) is 9.30. The van der Waals surface area contributed by atoms with Crippen molar-refractivity contribution in [1.82, 2.24) is 5.32 Å². The van der Waals surface area contributed by atoms with E-state index in [0.717, 1.165) is 12.5 Å². The molecule has 1 rings (SSSR count). The summed E-state index contributed by atoms with van der Waals surface area (Å²) in [5.41, 5.74) is 0. The van der Waals surface area contributed by atoms with Crippen molar-refractivity contribution in [3.63, 3.8) is 0 Å². The van der Waals surface area contributed by atoms with Gasteiger partial charge in [0.25, 0.3) is 0 Å². The fourth-order valence-corrected chi connectivity index (χ4v) is 2.82. The smallest absolute Gasteiger partial charge is 0.0576 e. The second kappa shape index (κ2) is 11.5. The van der Waals surface area contributed by atoms with Crippen molar-refractivity contribution >= 4 is 0 Å². The van der Waals surface area contributed by atoms with Crippen LogP contribution in [-0.4, -0.2) is 25.8 Å². The zero-order valence-corrected chi connectivity index (χ0v) is 12.8. The molecule has 1 atom stereocenters. The van der Waals surface area contributed by atoms with Gasteiger partial charge >= 0.3 is 0 Å². The molecule has 1 unspecified atom stereocenters. The number of ether oxygens (including phenoxy) is 1. The van der Waals surface area contributed by atoms with Gasteiger partial charge in [0.05, 0.1) is 6.10 Å². The summed E-state index contributed by atoms with van der Waals surface area (Å²) in [5, 5.41) is 3.41. The third-order valence-electron chi connectivity index (χ3n) is 4.23. The molecule has 2 nitrogen and oxygen atoms in total. The molecular weight excluding hydrogens is 234 g/mol. The number of allylic oxidation sites excluding steroid dienone is 1. The molecular formula is C17H33NO. The van der Waals surface area contributed by atoms with Gasteiger partial charge in [0.2, 0.25) is 0 Å². The molecule has 0 saturated carbocycles. The van der Waals surface area contributed by atoms with E-state index in [1.54, 1.807) is 0 Å². The van der Waals surface area contributed by atoms with Gasteiger partial charge in [-0.05, 0) is 58.0 Å². The van der Waals surface area contributed by atoms with Crippen LogP contribution in [-0.2, 0) is 4.74 Å². The molecule has 0 aromatic heterocycles. The maximum Gasteiger partial charge on any atom is 0.0576 e. The Morgan fingerprint density at radius 3 is 2.42 bits per heavy atom. The molecule has 1 aliphatic rings. The van der Waals surface area contributed by atoms with Crippen molar-refractivity contribution in [2.24, 2.45) is 5.92 Å². The van der Waals surface area contributed by atoms with E-state index in [9.17, 15) is 0 Å². The molecule has 0 aromatic carbocycles. The largest absolute Gasteiger partial charge is 0.378 e. The number of hydrogen-bond acceptors (Lipinski definition) is 2. The van der Waals surface area contributed by atoms with E-state index in [-0.39, 0.29) is 0 Å². The highest BCUT2D eigenvalue weighted by Crippen LogP contribution is 2.19. The summed E-state index contributed by atoms with van der Waals surface area (Å²) in [7, 11) is 0. The molecule has 1 aliphatic heterocycles. The normalized spacial score (nSPS) is 18.4. The van der Waals surface area contributed by atoms with E-state index in [2.05, 4.69) is 18.8 Å². The highest BCUT2D eigenvalue weighted by molar-refractivity contribution is 4.73. The molecule has 0 bridgehead atoms. The summed E-state index contributed by atoms with van der Waals surface area (Å²) in [5.74, 6) is 0.778. The minimum atomic E-state index is 0.453. The minimum Gasteiger partial charge on any atom is -0.378 e. The maximum atomic E-state index is 5.99. The molecule has 1 saturated heterocycles. The van der Waals surface area contributed by atoms with Gasteiger partial charge in [-0.1, -0.05) is 31.8 Å². The lowest BCUT2D eigenvalue weighted by molar-refractivity contribution is 0.0132. The summed E-state index contributed by atoms with van der Waals surface area (Å²) < 4.78 is 5.99. The topological polar surface area (TPSA) is 21.3 Å². The number of rotatable bonds is 11. The fraction of sp³-hybridized carbons (Fsp3) is 0.882. The van der Waals surface area contributed by atoms with Gasteiger partial charge in [0.15, 0.2) is 0 Å². The number of nitrogens with one attached hydrogen (secondary N) is 1. The Hall–Kier alpha value is -0.340. The molecule has 112 valence electrons. The van der Waals surface area contributed by atoms with Crippen molar-refractivity contribution in [3.8, 4) is 0 Å². The Labute approximate surface area is 120 Å². The highest BCUT2D eigenvalue weighted by Gasteiger charge is 2.19. The van der Waals surface area contributed by atoms with Crippen LogP contribution in [0.3, 0.4) is 0 Å². The average molecular weight is 267 g/mol. The summed E-state index contributed by atoms with van der Waals surface area (Å²) in [4.78, 5) is 0. The second-order valence-corrected chi connectivity index (χ2v) is 5.86. The van der Waals surface area contributed by atoms with E-state index in [1.165, 1.54) is 70.9 Å². The Kier molecular flexibility index (Phi) is 10.1. The Balaban J connectivity index is 1.85. The van der Waals surface area contributed by atoms with Crippen molar-refractivity contribution in [3.05, 3.63) is 12.7 Å². The van der Waals surface area contributed by atoms with E-state index in [4.69, 9.17) is 4.74 Å². The van der Waals surface area contributed by atoms with Crippen LogP contribution in [0.4, 0.5) is 0 Å². The first kappa shape index (κ1) is 16.7. The standard InChI is InChI=1S/C17H33NO/c1-3-4-5-6-7-8-9-10-15-19-16(2)17-11-13-18-14-12-17/h3,16-18H,1,4-15H2,2H3. The first-order valence-corrected chi connectivity index (χ1v) is 8.28. The quantitative estimate of drug-likeness (QED) is 0.445. The Morgan fingerprint density at radius 1 is 1.11 bits per heavy atom. The van der Waals surface area contributed by atoms with Crippen LogP contribution in [0.2, 0.25) is 0 Å². The molecule has 0 aromatic rings. The average Bonchev–Trinajstić information content (AvgIpc) is 2.46. The van der Waals surface area contributed by atoms with Gasteiger partial charge in [-0.25, -0.2) is 0 Å². The zero-order chi connectivity index (χ0) is 13.8. The maximum absolute atomic E-state index is 5.99. The Morgan fingerprint density at radius 2 is 1.74 bits per heavy atom. The van der Waals surface area contributed by atoms with Crippen molar-refractivity contribution < 1.29 is 4.74 Å². The van der Waals surface area contributed by atoms with E-state index in [1.807, 2.05) is 6.08 Å². The Bertz CT molecular complexity index is 211. The van der Waals surface area contributed by atoms with Crippen LogP contribution in [0.15, 0.2) is 12.7 Å². The van der Waals surface area contributed by atoms with Gasteiger partial charge in [-0.2, -0.15) is 0 Å². The summed E-state index contributed by atoms with van der Waals surface area (Å²) in [6.07, 6.45) is 14.2. The van der Waals surface area contributed by atoms with Gasteiger partial charge in [0, 0.05) is 6.61 Å². The lowest BCUT2D eigenvalue weighted by Gasteiger charge is -2.28. The predicted octanol–water partition coefficient (Wildman–Crippen LogP) is 4.31. The molecule has 1 fully saturated rings. The third kappa shape index (κ3) is 8.43. The lowest BCUT2D eigenvalue weighted by atomic mass is 9.93.